The van der Waals surface area contributed by atoms with Gasteiger partial charge in [-0.2, -0.15) is 0 Å². The zero-order valence-electron chi connectivity index (χ0n) is 7.29. The maximum absolute atomic E-state index is 10.7. The van der Waals surface area contributed by atoms with Crippen molar-refractivity contribution < 1.29 is 14.7 Å². The van der Waals surface area contributed by atoms with Gasteiger partial charge in [0.25, 0.3) is 0 Å². The molecule has 0 aromatic heterocycles. The third-order valence-corrected chi connectivity index (χ3v) is 1.34. The lowest BCUT2D eigenvalue weighted by Gasteiger charge is -2.20. The van der Waals surface area contributed by atoms with Crippen molar-refractivity contribution >= 4 is 12.1 Å². The van der Waals surface area contributed by atoms with Crippen molar-refractivity contribution in [3.8, 4) is 0 Å². The van der Waals surface area contributed by atoms with E-state index in [0.29, 0.717) is 0 Å². The van der Waals surface area contributed by atoms with Crippen LogP contribution in [0.1, 0.15) is 6.92 Å². The lowest BCUT2D eigenvalue weighted by Crippen LogP contribution is -2.48. The first-order valence-electron chi connectivity index (χ1n) is 3.40. The molecular weight excluding hydrogens is 162 g/mol. The molecule has 0 aromatic carbocycles. The molecular formula is C6H13N3O3. The molecule has 0 aliphatic rings. The number of nitrogens with zero attached hydrogens (tertiary/aromatic N) is 1. The first kappa shape index (κ1) is 10.7. The maximum Gasteiger partial charge on any atom is 0.412 e. The zero-order valence-corrected chi connectivity index (χ0v) is 7.29. The van der Waals surface area contributed by atoms with Gasteiger partial charge in [0.2, 0.25) is 0 Å². The van der Waals surface area contributed by atoms with Crippen molar-refractivity contribution in [2.75, 3.05) is 14.1 Å². The predicted molar refractivity (Wildman–Crippen MR) is 42.8 cm³/mol. The topological polar surface area (TPSA) is 81.7 Å². The quantitative estimate of drug-likeness (QED) is 0.511. The molecule has 0 saturated carbocycles. The summed E-state index contributed by atoms with van der Waals surface area (Å²) in [7, 11) is 3.54. The number of imide groups is 1. The van der Waals surface area contributed by atoms with Crippen LogP contribution in [0.4, 0.5) is 9.59 Å². The fraction of sp³-hybridized carbons (Fsp3) is 0.667. The molecule has 0 heterocycles. The van der Waals surface area contributed by atoms with Crippen LogP contribution >= 0.6 is 0 Å². The van der Waals surface area contributed by atoms with Crippen molar-refractivity contribution in [3.05, 3.63) is 0 Å². The summed E-state index contributed by atoms with van der Waals surface area (Å²) in [5.41, 5.74) is 0. The first-order chi connectivity index (χ1) is 5.43. The van der Waals surface area contributed by atoms with Crippen molar-refractivity contribution in [2.24, 2.45) is 0 Å². The second-order valence-corrected chi connectivity index (χ2v) is 2.54. The number of hydrogen-bond acceptors (Lipinski definition) is 3. The van der Waals surface area contributed by atoms with E-state index in [2.05, 4.69) is 5.32 Å². The minimum absolute atomic E-state index is 0.204. The number of carboxylic acid groups (broad SMARTS) is 1. The largest absolute Gasteiger partial charge is 0.465 e. The van der Waals surface area contributed by atoms with Gasteiger partial charge in [-0.3, -0.25) is 4.90 Å². The van der Waals surface area contributed by atoms with E-state index >= 15 is 0 Å². The molecule has 0 saturated heterocycles. The van der Waals surface area contributed by atoms with Crippen LogP contribution < -0.4 is 10.6 Å². The average Bonchev–Trinajstić information content (AvgIpc) is 1.84. The monoisotopic (exact) mass is 175 g/mol. The number of hydrogen-bond donors (Lipinski definition) is 3. The summed E-state index contributed by atoms with van der Waals surface area (Å²) < 4.78 is 0. The summed E-state index contributed by atoms with van der Waals surface area (Å²) in [6.45, 7) is 1.74. The summed E-state index contributed by atoms with van der Waals surface area (Å²) in [5, 5.41) is 12.2. The lowest BCUT2D eigenvalue weighted by atomic mass is 10.5. The Morgan fingerprint density at radius 3 is 2.25 bits per heavy atom. The predicted octanol–water partition coefficient (Wildman–Crippen LogP) is -0.129. The Balaban J connectivity index is 3.77. The van der Waals surface area contributed by atoms with E-state index in [9.17, 15) is 9.59 Å². The summed E-state index contributed by atoms with van der Waals surface area (Å²) in [4.78, 5) is 22.5. The molecule has 6 nitrogen and oxygen atoms in total. The number of carbonyl (C=O) groups excluding carboxylic acids is 1. The SMILES string of the molecule is CC(NC(=O)NC(=O)O)N(C)C. The lowest BCUT2D eigenvalue weighted by molar-refractivity contribution is 0.187. The smallest absolute Gasteiger partial charge is 0.412 e. The number of carbonyl (C=O) groups is 2. The summed E-state index contributed by atoms with van der Waals surface area (Å²) in [6, 6.07) is -0.719. The van der Waals surface area contributed by atoms with Crippen LogP contribution in [0.15, 0.2) is 0 Å². The Kier molecular flexibility index (Phi) is 4.06. The van der Waals surface area contributed by atoms with E-state index in [-0.39, 0.29) is 6.17 Å². The van der Waals surface area contributed by atoms with Crippen LogP contribution in [-0.4, -0.2) is 42.4 Å². The molecule has 0 aliphatic carbocycles. The average molecular weight is 175 g/mol. The van der Waals surface area contributed by atoms with E-state index in [1.807, 2.05) is 0 Å². The van der Waals surface area contributed by atoms with E-state index in [1.54, 1.807) is 31.2 Å². The van der Waals surface area contributed by atoms with Crippen LogP contribution in [0.3, 0.4) is 0 Å². The van der Waals surface area contributed by atoms with Gasteiger partial charge in [-0.1, -0.05) is 0 Å². The van der Waals surface area contributed by atoms with E-state index < -0.39 is 12.1 Å². The van der Waals surface area contributed by atoms with Gasteiger partial charge in [-0.25, -0.2) is 14.9 Å². The fourth-order valence-electron chi connectivity index (χ4n) is 0.452. The van der Waals surface area contributed by atoms with Crippen LogP contribution in [0.25, 0.3) is 0 Å². The molecule has 0 bridgehead atoms. The van der Waals surface area contributed by atoms with Crippen LogP contribution in [-0.2, 0) is 0 Å². The van der Waals surface area contributed by atoms with Gasteiger partial charge < -0.3 is 10.4 Å². The van der Waals surface area contributed by atoms with Gasteiger partial charge in [-0.15, -0.1) is 0 Å². The summed E-state index contributed by atoms with van der Waals surface area (Å²) in [6.07, 6.45) is -1.57. The molecule has 3 amide bonds. The molecule has 12 heavy (non-hydrogen) atoms. The van der Waals surface area contributed by atoms with Gasteiger partial charge in [0.1, 0.15) is 0 Å². The number of urea groups is 1. The molecule has 0 fully saturated rings. The second kappa shape index (κ2) is 4.55. The van der Waals surface area contributed by atoms with E-state index in [0.717, 1.165) is 0 Å². The van der Waals surface area contributed by atoms with Gasteiger partial charge >= 0.3 is 12.1 Å². The van der Waals surface area contributed by atoms with Gasteiger partial charge in [0, 0.05) is 0 Å². The Morgan fingerprint density at radius 1 is 1.42 bits per heavy atom. The van der Waals surface area contributed by atoms with E-state index in [4.69, 9.17) is 5.11 Å². The number of amides is 3. The molecule has 6 heteroatoms. The highest BCUT2D eigenvalue weighted by molar-refractivity contribution is 5.89. The molecule has 1 unspecified atom stereocenters. The molecule has 0 spiro atoms. The molecule has 1 atom stereocenters. The third kappa shape index (κ3) is 4.51. The Bertz CT molecular complexity index is 181. The third-order valence-electron chi connectivity index (χ3n) is 1.34. The standard InChI is InChI=1S/C6H13N3O3/c1-4(9(2)3)7-5(10)8-6(11)12/h4H,1-3H3,(H,11,12)(H2,7,8,10). The normalized spacial score (nSPS) is 12.3. The highest BCUT2D eigenvalue weighted by Gasteiger charge is 2.09. The minimum atomic E-state index is -1.36. The van der Waals surface area contributed by atoms with E-state index in [1.165, 1.54) is 0 Å². The van der Waals surface area contributed by atoms with Gasteiger partial charge in [0.15, 0.2) is 0 Å². The molecule has 0 aromatic rings. The first-order valence-corrected chi connectivity index (χ1v) is 3.40. The minimum Gasteiger partial charge on any atom is -0.465 e. The second-order valence-electron chi connectivity index (χ2n) is 2.54. The van der Waals surface area contributed by atoms with Crippen molar-refractivity contribution in [2.45, 2.75) is 13.1 Å². The highest BCUT2D eigenvalue weighted by atomic mass is 16.4. The van der Waals surface area contributed by atoms with Crippen LogP contribution in [0, 0.1) is 0 Å². The summed E-state index contributed by atoms with van der Waals surface area (Å²) >= 11 is 0. The van der Waals surface area contributed by atoms with Crippen LogP contribution in [0.2, 0.25) is 0 Å². The van der Waals surface area contributed by atoms with Crippen molar-refractivity contribution in [1.82, 2.24) is 15.5 Å². The molecule has 70 valence electrons. The van der Waals surface area contributed by atoms with Crippen LogP contribution in [0.5, 0.6) is 0 Å². The van der Waals surface area contributed by atoms with Gasteiger partial charge in [-0.05, 0) is 21.0 Å². The molecule has 3 N–H and O–H groups in total. The van der Waals surface area contributed by atoms with Crippen molar-refractivity contribution in [1.29, 1.82) is 0 Å². The maximum atomic E-state index is 10.7. The molecule has 0 radical (unpaired) electrons. The Labute approximate surface area is 70.5 Å². The number of nitrogens with one attached hydrogen (secondary N) is 2. The molecule has 0 rings (SSSR count). The molecule has 0 aliphatic heterocycles. The fourth-order valence-corrected chi connectivity index (χ4v) is 0.452. The Hall–Kier alpha value is -1.30. The number of rotatable bonds is 2. The highest BCUT2D eigenvalue weighted by Crippen LogP contribution is 1.84. The van der Waals surface area contributed by atoms with Gasteiger partial charge in [0.05, 0.1) is 6.17 Å². The Morgan fingerprint density at radius 2 is 1.92 bits per heavy atom. The zero-order chi connectivity index (χ0) is 9.72. The van der Waals surface area contributed by atoms with Crippen molar-refractivity contribution in [3.63, 3.8) is 0 Å². The summed E-state index contributed by atoms with van der Waals surface area (Å²) in [5.74, 6) is 0.